The van der Waals surface area contributed by atoms with Crippen molar-refractivity contribution in [3.05, 3.63) is 64.4 Å². The van der Waals surface area contributed by atoms with Crippen molar-refractivity contribution in [3.8, 4) is 5.69 Å². The Bertz CT molecular complexity index is 941. The van der Waals surface area contributed by atoms with Crippen LogP contribution in [0.5, 0.6) is 0 Å². The van der Waals surface area contributed by atoms with Crippen LogP contribution >= 0.6 is 27.7 Å². The number of nitrogens with one attached hydrogen (secondary N) is 1. The molecule has 1 aromatic heterocycles. The van der Waals surface area contributed by atoms with Crippen LogP contribution in [0, 0.1) is 13.8 Å². The lowest BCUT2D eigenvalue weighted by atomic mass is 10.2. The molecule has 1 atom stereocenters. The van der Waals surface area contributed by atoms with Gasteiger partial charge in [0.25, 0.3) is 0 Å². The number of carbonyl (C=O) groups is 1. The van der Waals surface area contributed by atoms with E-state index in [-0.39, 0.29) is 11.2 Å². The largest absolute Gasteiger partial charge is 0.324 e. The smallest absolute Gasteiger partial charge is 0.237 e. The molecule has 1 amide bonds. The summed E-state index contributed by atoms with van der Waals surface area (Å²) in [6.45, 7) is 5.90. The molecule has 3 aromatic rings. The molecule has 0 spiro atoms. The molecule has 0 saturated carbocycles. The maximum atomic E-state index is 12.6. The zero-order chi connectivity index (χ0) is 18.7. The Morgan fingerprint density at radius 3 is 2.73 bits per heavy atom. The highest BCUT2D eigenvalue weighted by molar-refractivity contribution is 9.10. The van der Waals surface area contributed by atoms with Crippen LogP contribution in [0.2, 0.25) is 0 Å². The van der Waals surface area contributed by atoms with E-state index in [4.69, 9.17) is 0 Å². The molecule has 0 aliphatic carbocycles. The Kier molecular flexibility index (Phi) is 5.78. The van der Waals surface area contributed by atoms with Gasteiger partial charge in [-0.3, -0.25) is 9.36 Å². The van der Waals surface area contributed by atoms with Gasteiger partial charge < -0.3 is 5.32 Å². The summed E-state index contributed by atoms with van der Waals surface area (Å²) < 4.78 is 2.78. The Morgan fingerprint density at radius 1 is 1.23 bits per heavy atom. The molecule has 1 heterocycles. The zero-order valence-corrected chi connectivity index (χ0v) is 17.1. The van der Waals surface area contributed by atoms with Gasteiger partial charge in [-0.1, -0.05) is 36.0 Å². The van der Waals surface area contributed by atoms with Gasteiger partial charge >= 0.3 is 0 Å². The third-order valence-electron chi connectivity index (χ3n) is 3.93. The van der Waals surface area contributed by atoms with Crippen molar-refractivity contribution in [1.29, 1.82) is 0 Å². The van der Waals surface area contributed by atoms with E-state index in [1.165, 1.54) is 11.8 Å². The first-order chi connectivity index (χ1) is 12.5. The van der Waals surface area contributed by atoms with E-state index in [2.05, 4.69) is 31.4 Å². The number of aryl methyl sites for hydroxylation is 2. The van der Waals surface area contributed by atoms with Crippen LogP contribution < -0.4 is 5.32 Å². The summed E-state index contributed by atoms with van der Waals surface area (Å²) in [6, 6.07) is 13.8. The third-order valence-corrected chi connectivity index (χ3v) is 5.64. The first-order valence-corrected chi connectivity index (χ1v) is 9.82. The number of aromatic nitrogens is 3. The lowest BCUT2D eigenvalue weighted by molar-refractivity contribution is -0.115. The fourth-order valence-electron chi connectivity index (χ4n) is 2.47. The molecule has 26 heavy (non-hydrogen) atoms. The van der Waals surface area contributed by atoms with Gasteiger partial charge in [-0.15, -0.1) is 10.2 Å². The molecule has 0 aliphatic rings. The predicted octanol–water partition coefficient (Wildman–Crippen LogP) is 4.77. The maximum absolute atomic E-state index is 12.6. The summed E-state index contributed by atoms with van der Waals surface area (Å²) in [7, 11) is 0. The average Bonchev–Trinajstić information content (AvgIpc) is 3.05. The summed E-state index contributed by atoms with van der Waals surface area (Å²) in [6.07, 6.45) is 1.67. The highest BCUT2D eigenvalue weighted by atomic mass is 79.9. The van der Waals surface area contributed by atoms with E-state index in [1.807, 2.05) is 67.8 Å². The van der Waals surface area contributed by atoms with Gasteiger partial charge in [-0.2, -0.15) is 0 Å². The molecule has 3 rings (SSSR count). The SMILES string of the molecule is Cc1ccc(NC(=O)C(C)Sc2nncn2-c2ccccc2C)c(Br)c1. The van der Waals surface area contributed by atoms with E-state index in [9.17, 15) is 4.79 Å². The molecule has 0 fully saturated rings. The van der Waals surface area contributed by atoms with Crippen molar-refractivity contribution >= 4 is 39.3 Å². The molecule has 5 nitrogen and oxygen atoms in total. The number of hydrogen-bond donors (Lipinski definition) is 1. The second-order valence-corrected chi connectivity index (χ2v) is 8.16. The van der Waals surface area contributed by atoms with Crippen LogP contribution in [0.1, 0.15) is 18.1 Å². The molecular formula is C19H19BrN4OS. The van der Waals surface area contributed by atoms with Crippen molar-refractivity contribution < 1.29 is 4.79 Å². The highest BCUT2D eigenvalue weighted by Gasteiger charge is 2.19. The van der Waals surface area contributed by atoms with Crippen LogP contribution in [-0.2, 0) is 4.79 Å². The standard InChI is InChI=1S/C19H19BrN4OS/c1-12-8-9-16(15(20)10-12)22-18(25)14(3)26-19-23-21-11-24(19)17-7-5-4-6-13(17)2/h4-11,14H,1-3H3,(H,22,25). The lowest BCUT2D eigenvalue weighted by Crippen LogP contribution is -2.23. The van der Waals surface area contributed by atoms with Crippen LogP contribution in [0.15, 0.2) is 58.4 Å². The minimum Gasteiger partial charge on any atom is -0.324 e. The van der Waals surface area contributed by atoms with Gasteiger partial charge in [0.2, 0.25) is 5.91 Å². The second kappa shape index (κ2) is 8.05. The monoisotopic (exact) mass is 430 g/mol. The molecule has 7 heteroatoms. The molecule has 0 aliphatic heterocycles. The van der Waals surface area contributed by atoms with Crippen LogP contribution in [0.3, 0.4) is 0 Å². The fraction of sp³-hybridized carbons (Fsp3) is 0.211. The molecule has 1 unspecified atom stereocenters. The van der Waals surface area contributed by atoms with E-state index >= 15 is 0 Å². The second-order valence-electron chi connectivity index (χ2n) is 6.00. The number of anilines is 1. The Hall–Kier alpha value is -2.12. The summed E-state index contributed by atoms with van der Waals surface area (Å²) in [4.78, 5) is 12.6. The van der Waals surface area contributed by atoms with Gasteiger partial charge in [0.1, 0.15) is 6.33 Å². The van der Waals surface area contributed by atoms with Gasteiger partial charge in [0, 0.05) is 4.47 Å². The number of amides is 1. The van der Waals surface area contributed by atoms with E-state index < -0.39 is 0 Å². The molecule has 0 saturated heterocycles. The van der Waals surface area contributed by atoms with Crippen molar-refractivity contribution in [3.63, 3.8) is 0 Å². The predicted molar refractivity (Wildman–Crippen MR) is 109 cm³/mol. The first-order valence-electron chi connectivity index (χ1n) is 8.15. The number of para-hydroxylation sites is 1. The number of halogens is 1. The van der Waals surface area contributed by atoms with Crippen molar-refractivity contribution in [1.82, 2.24) is 14.8 Å². The normalized spacial score (nSPS) is 12.0. The molecule has 134 valence electrons. The van der Waals surface area contributed by atoms with Gasteiger partial charge in [0.15, 0.2) is 5.16 Å². The Balaban J connectivity index is 1.74. The van der Waals surface area contributed by atoms with E-state index in [1.54, 1.807) is 6.33 Å². The van der Waals surface area contributed by atoms with Crippen LogP contribution in [-0.4, -0.2) is 25.9 Å². The zero-order valence-electron chi connectivity index (χ0n) is 14.7. The van der Waals surface area contributed by atoms with Crippen LogP contribution in [0.4, 0.5) is 5.69 Å². The number of benzene rings is 2. The Morgan fingerprint density at radius 2 is 2.00 bits per heavy atom. The number of hydrogen-bond acceptors (Lipinski definition) is 4. The van der Waals surface area contributed by atoms with Gasteiger partial charge in [-0.25, -0.2) is 0 Å². The van der Waals surface area contributed by atoms with E-state index in [0.717, 1.165) is 27.0 Å². The lowest BCUT2D eigenvalue weighted by Gasteiger charge is -2.14. The number of rotatable bonds is 5. The summed E-state index contributed by atoms with van der Waals surface area (Å²) in [5.41, 5.74) is 4.01. The van der Waals surface area contributed by atoms with E-state index in [0.29, 0.717) is 5.16 Å². The summed E-state index contributed by atoms with van der Waals surface area (Å²) >= 11 is 4.87. The van der Waals surface area contributed by atoms with Gasteiger partial charge in [-0.05, 0) is 66.0 Å². The minimum atomic E-state index is -0.324. The topological polar surface area (TPSA) is 59.8 Å². The van der Waals surface area contributed by atoms with Crippen molar-refractivity contribution in [2.45, 2.75) is 31.2 Å². The highest BCUT2D eigenvalue weighted by Crippen LogP contribution is 2.28. The van der Waals surface area contributed by atoms with Gasteiger partial charge in [0.05, 0.1) is 16.6 Å². The molecular weight excluding hydrogens is 412 g/mol. The third kappa shape index (κ3) is 4.16. The van der Waals surface area contributed by atoms with Crippen molar-refractivity contribution in [2.24, 2.45) is 0 Å². The number of thioether (sulfide) groups is 1. The number of nitrogens with zero attached hydrogens (tertiary/aromatic N) is 3. The van der Waals surface area contributed by atoms with Crippen LogP contribution in [0.25, 0.3) is 5.69 Å². The quantitative estimate of drug-likeness (QED) is 0.592. The summed E-state index contributed by atoms with van der Waals surface area (Å²) in [5, 5.41) is 11.5. The molecule has 1 N–H and O–H groups in total. The van der Waals surface area contributed by atoms with Crippen molar-refractivity contribution in [2.75, 3.05) is 5.32 Å². The average molecular weight is 431 g/mol. The maximum Gasteiger partial charge on any atom is 0.237 e. The number of carbonyl (C=O) groups excluding carboxylic acids is 1. The minimum absolute atomic E-state index is 0.0844. The summed E-state index contributed by atoms with van der Waals surface area (Å²) in [5.74, 6) is -0.0844. The molecule has 0 radical (unpaired) electrons. The molecule has 0 bridgehead atoms. The fourth-order valence-corrected chi connectivity index (χ4v) is 3.90. The molecule has 2 aromatic carbocycles. The first kappa shape index (κ1) is 18.7. The Labute approximate surface area is 165 Å².